The summed E-state index contributed by atoms with van der Waals surface area (Å²) >= 11 is 0. The van der Waals surface area contributed by atoms with Gasteiger partial charge in [-0.05, 0) is 30.5 Å². The van der Waals surface area contributed by atoms with Crippen LogP contribution in [-0.4, -0.2) is 38.4 Å². The zero-order chi connectivity index (χ0) is 16.7. The van der Waals surface area contributed by atoms with Crippen molar-refractivity contribution in [1.82, 2.24) is 10.6 Å². The summed E-state index contributed by atoms with van der Waals surface area (Å²) in [6.07, 6.45) is -3.38. The molecule has 23 heavy (non-hydrogen) atoms. The van der Waals surface area contributed by atoms with Gasteiger partial charge in [-0.3, -0.25) is 4.99 Å². The van der Waals surface area contributed by atoms with Gasteiger partial charge in [-0.2, -0.15) is 13.2 Å². The lowest BCUT2D eigenvalue weighted by molar-refractivity contribution is -0.132. The second kappa shape index (κ2) is 8.08. The van der Waals surface area contributed by atoms with Crippen LogP contribution in [0.4, 0.5) is 13.2 Å². The maximum Gasteiger partial charge on any atom is 0.390 e. The Morgan fingerprint density at radius 1 is 1.30 bits per heavy atom. The molecule has 0 fully saturated rings. The van der Waals surface area contributed by atoms with Crippen molar-refractivity contribution in [3.8, 4) is 5.75 Å². The largest absolute Gasteiger partial charge is 0.493 e. The van der Waals surface area contributed by atoms with E-state index in [1.807, 2.05) is 19.1 Å². The number of hydrogen-bond acceptors (Lipinski definition) is 2. The molecule has 128 valence electrons. The number of rotatable bonds is 6. The highest BCUT2D eigenvalue weighted by atomic mass is 19.4. The minimum Gasteiger partial charge on any atom is -0.493 e. The molecule has 1 heterocycles. The molecule has 0 atom stereocenters. The van der Waals surface area contributed by atoms with Crippen LogP contribution in [0, 0.1) is 0 Å². The molecule has 0 bridgehead atoms. The summed E-state index contributed by atoms with van der Waals surface area (Å²) < 4.78 is 41.9. The Labute approximate surface area is 134 Å². The van der Waals surface area contributed by atoms with Gasteiger partial charge in [0.1, 0.15) is 5.75 Å². The Morgan fingerprint density at radius 3 is 2.87 bits per heavy atom. The molecule has 1 aromatic rings. The second-order valence-corrected chi connectivity index (χ2v) is 5.34. The van der Waals surface area contributed by atoms with E-state index in [1.54, 1.807) is 0 Å². The molecule has 0 aromatic heterocycles. The molecule has 1 aromatic carbocycles. The predicted octanol–water partition coefficient (Wildman–Crippen LogP) is 2.67. The molecule has 0 aliphatic carbocycles. The number of halogens is 3. The first-order valence-corrected chi connectivity index (χ1v) is 7.81. The standard InChI is InChI=1S/C16H22F3N3O/c1-2-20-15(22-9-7-16(17,18)19)21-8-5-12-3-4-14-13(11-12)6-10-23-14/h3-4,11H,2,5-10H2,1H3,(H2,20,21,22). The molecule has 0 radical (unpaired) electrons. The van der Waals surface area contributed by atoms with Gasteiger partial charge in [-0.15, -0.1) is 0 Å². The van der Waals surface area contributed by atoms with Crippen LogP contribution in [0.15, 0.2) is 23.2 Å². The molecule has 0 saturated carbocycles. The minimum absolute atomic E-state index is 0.269. The first-order chi connectivity index (χ1) is 11.0. The summed E-state index contributed by atoms with van der Waals surface area (Å²) in [5, 5.41) is 6.01. The van der Waals surface area contributed by atoms with Crippen LogP contribution >= 0.6 is 0 Å². The van der Waals surface area contributed by atoms with E-state index in [4.69, 9.17) is 4.74 Å². The molecule has 2 rings (SSSR count). The smallest absolute Gasteiger partial charge is 0.390 e. The number of aliphatic imine (C=N–C) groups is 1. The Bertz CT molecular complexity index is 544. The molecule has 1 aliphatic rings. The number of benzene rings is 1. The molecular formula is C16H22F3N3O. The average Bonchev–Trinajstić information content (AvgIpc) is 2.93. The summed E-state index contributed by atoms with van der Waals surface area (Å²) in [4.78, 5) is 3.94. The van der Waals surface area contributed by atoms with E-state index in [-0.39, 0.29) is 6.54 Å². The van der Waals surface area contributed by atoms with Gasteiger partial charge >= 0.3 is 6.18 Å². The van der Waals surface area contributed by atoms with Crippen molar-refractivity contribution in [1.29, 1.82) is 0 Å². The molecule has 1 aliphatic heterocycles. The highest BCUT2D eigenvalue weighted by Gasteiger charge is 2.26. The zero-order valence-corrected chi connectivity index (χ0v) is 13.2. The fourth-order valence-electron chi connectivity index (χ4n) is 2.36. The molecule has 7 heteroatoms. The number of nitrogens with zero attached hydrogens (tertiary/aromatic N) is 1. The lowest BCUT2D eigenvalue weighted by atomic mass is 10.1. The summed E-state index contributed by atoms with van der Waals surface area (Å²) in [6, 6.07) is 6.11. The SMILES string of the molecule is CCNC(=NCCC(F)(F)F)NCCc1ccc2c(c1)CCO2. The first kappa shape index (κ1) is 17.4. The third-order valence-corrected chi connectivity index (χ3v) is 3.47. The van der Waals surface area contributed by atoms with Crippen molar-refractivity contribution < 1.29 is 17.9 Å². The van der Waals surface area contributed by atoms with Crippen LogP contribution < -0.4 is 15.4 Å². The topological polar surface area (TPSA) is 45.7 Å². The van der Waals surface area contributed by atoms with Gasteiger partial charge in [0.15, 0.2) is 5.96 Å². The molecule has 0 spiro atoms. The predicted molar refractivity (Wildman–Crippen MR) is 84.0 cm³/mol. The Hall–Kier alpha value is -1.92. The van der Waals surface area contributed by atoms with Gasteiger partial charge in [-0.25, -0.2) is 0 Å². The van der Waals surface area contributed by atoms with E-state index in [1.165, 1.54) is 11.1 Å². The van der Waals surface area contributed by atoms with E-state index in [0.717, 1.165) is 25.2 Å². The quantitative estimate of drug-likeness (QED) is 0.623. The van der Waals surface area contributed by atoms with Crippen molar-refractivity contribution in [3.05, 3.63) is 29.3 Å². The summed E-state index contributed by atoms with van der Waals surface area (Å²) in [5.74, 6) is 1.37. The van der Waals surface area contributed by atoms with Crippen LogP contribution in [0.25, 0.3) is 0 Å². The maximum atomic E-state index is 12.2. The fourth-order valence-corrected chi connectivity index (χ4v) is 2.36. The number of fused-ring (bicyclic) bond motifs is 1. The van der Waals surface area contributed by atoms with E-state index in [9.17, 15) is 13.2 Å². The van der Waals surface area contributed by atoms with Crippen molar-refractivity contribution >= 4 is 5.96 Å². The highest BCUT2D eigenvalue weighted by Crippen LogP contribution is 2.25. The highest BCUT2D eigenvalue weighted by molar-refractivity contribution is 5.79. The third-order valence-electron chi connectivity index (χ3n) is 3.47. The Morgan fingerprint density at radius 2 is 2.13 bits per heavy atom. The van der Waals surface area contributed by atoms with E-state index < -0.39 is 12.6 Å². The summed E-state index contributed by atoms with van der Waals surface area (Å²) in [6.45, 7) is 3.55. The summed E-state index contributed by atoms with van der Waals surface area (Å²) in [5.41, 5.74) is 2.39. The van der Waals surface area contributed by atoms with Gasteiger partial charge < -0.3 is 15.4 Å². The Balaban J connectivity index is 1.80. The number of ether oxygens (including phenoxy) is 1. The van der Waals surface area contributed by atoms with Gasteiger partial charge in [0.05, 0.1) is 19.6 Å². The lowest BCUT2D eigenvalue weighted by Crippen LogP contribution is -2.38. The molecule has 4 nitrogen and oxygen atoms in total. The summed E-state index contributed by atoms with van der Waals surface area (Å²) in [7, 11) is 0. The number of guanidine groups is 1. The molecule has 0 saturated heterocycles. The van der Waals surface area contributed by atoms with Crippen LogP contribution in [0.2, 0.25) is 0 Å². The Kier molecular flexibility index (Phi) is 6.12. The monoisotopic (exact) mass is 329 g/mol. The molecule has 0 unspecified atom stereocenters. The van der Waals surface area contributed by atoms with Crippen molar-refractivity contribution in [2.75, 3.05) is 26.2 Å². The third kappa shape index (κ3) is 6.00. The van der Waals surface area contributed by atoms with Gasteiger partial charge in [0, 0.05) is 19.5 Å². The number of alkyl halides is 3. The maximum absolute atomic E-state index is 12.2. The van der Waals surface area contributed by atoms with E-state index in [2.05, 4.69) is 21.7 Å². The van der Waals surface area contributed by atoms with Crippen LogP contribution in [0.1, 0.15) is 24.5 Å². The van der Waals surface area contributed by atoms with Gasteiger partial charge in [0.25, 0.3) is 0 Å². The van der Waals surface area contributed by atoms with Gasteiger partial charge in [-0.1, -0.05) is 12.1 Å². The lowest BCUT2D eigenvalue weighted by Gasteiger charge is -2.12. The molecule has 2 N–H and O–H groups in total. The fraction of sp³-hybridized carbons (Fsp3) is 0.562. The van der Waals surface area contributed by atoms with E-state index >= 15 is 0 Å². The normalized spacial score (nSPS) is 14.3. The average molecular weight is 329 g/mol. The first-order valence-electron chi connectivity index (χ1n) is 7.81. The molecular weight excluding hydrogens is 307 g/mol. The van der Waals surface area contributed by atoms with Crippen LogP contribution in [0.5, 0.6) is 5.75 Å². The number of nitrogens with one attached hydrogen (secondary N) is 2. The van der Waals surface area contributed by atoms with Crippen LogP contribution in [-0.2, 0) is 12.8 Å². The molecule has 0 amide bonds. The van der Waals surface area contributed by atoms with Crippen molar-refractivity contribution in [2.45, 2.75) is 32.4 Å². The number of hydrogen-bond donors (Lipinski definition) is 2. The second-order valence-electron chi connectivity index (χ2n) is 5.34. The minimum atomic E-state index is -4.17. The van der Waals surface area contributed by atoms with Crippen molar-refractivity contribution in [3.63, 3.8) is 0 Å². The van der Waals surface area contributed by atoms with Gasteiger partial charge in [0.2, 0.25) is 0 Å². The van der Waals surface area contributed by atoms with Crippen molar-refractivity contribution in [2.24, 2.45) is 4.99 Å². The van der Waals surface area contributed by atoms with Crippen LogP contribution in [0.3, 0.4) is 0 Å². The van der Waals surface area contributed by atoms with E-state index in [0.29, 0.717) is 19.0 Å². The zero-order valence-electron chi connectivity index (χ0n) is 13.2.